The molecule has 0 bridgehead atoms. The molecule has 0 aliphatic heterocycles. The lowest BCUT2D eigenvalue weighted by atomic mass is 10.1. The number of halogens is 1. The van der Waals surface area contributed by atoms with Gasteiger partial charge in [-0.25, -0.2) is 4.39 Å². The zero-order valence-electron chi connectivity index (χ0n) is 16.6. The highest BCUT2D eigenvalue weighted by Crippen LogP contribution is 2.18. The van der Waals surface area contributed by atoms with E-state index in [2.05, 4.69) is 5.32 Å². The van der Waals surface area contributed by atoms with Crippen molar-refractivity contribution in [3.63, 3.8) is 0 Å². The predicted molar refractivity (Wildman–Crippen MR) is 112 cm³/mol. The number of benzene rings is 3. The zero-order chi connectivity index (χ0) is 20.6. The second kappa shape index (κ2) is 9.85. The average Bonchev–Trinajstić information content (AvgIpc) is 2.73. The minimum absolute atomic E-state index is 0.117. The Balaban J connectivity index is 1.57. The quantitative estimate of drug-likeness (QED) is 0.616. The standard InChI is InChI=1S/C24H25FN2O2/c1-27(2)23(20-7-6-8-21(25)15-20)16-26-24(28)19-13-11-18(12-14-19)17-29-22-9-4-3-5-10-22/h3-15,23H,16-17H2,1-2H3,(H,26,28). The lowest BCUT2D eigenvalue weighted by Crippen LogP contribution is -2.34. The first-order chi connectivity index (χ1) is 14.0. The van der Waals surface area contributed by atoms with E-state index in [-0.39, 0.29) is 17.8 Å². The molecule has 0 aliphatic rings. The number of hydrogen-bond donors (Lipinski definition) is 1. The van der Waals surface area contributed by atoms with E-state index in [4.69, 9.17) is 4.74 Å². The van der Waals surface area contributed by atoms with Crippen LogP contribution in [0.5, 0.6) is 5.75 Å². The van der Waals surface area contributed by atoms with Crippen LogP contribution in [0.3, 0.4) is 0 Å². The number of likely N-dealkylation sites (N-methyl/N-ethyl adjacent to an activating group) is 1. The van der Waals surface area contributed by atoms with E-state index in [1.165, 1.54) is 12.1 Å². The number of hydrogen-bond acceptors (Lipinski definition) is 3. The van der Waals surface area contributed by atoms with Crippen LogP contribution in [0, 0.1) is 5.82 Å². The van der Waals surface area contributed by atoms with Crippen LogP contribution in [-0.2, 0) is 6.61 Å². The van der Waals surface area contributed by atoms with E-state index in [0.29, 0.717) is 18.7 Å². The summed E-state index contributed by atoms with van der Waals surface area (Å²) in [4.78, 5) is 14.5. The van der Waals surface area contributed by atoms with Crippen molar-refractivity contribution in [1.29, 1.82) is 0 Å². The van der Waals surface area contributed by atoms with Crippen molar-refractivity contribution in [3.05, 3.63) is 101 Å². The van der Waals surface area contributed by atoms with Crippen LogP contribution in [0.2, 0.25) is 0 Å². The Morgan fingerprint density at radius 1 is 1.00 bits per heavy atom. The third-order valence-corrected chi connectivity index (χ3v) is 4.68. The number of amides is 1. The molecular formula is C24H25FN2O2. The van der Waals surface area contributed by atoms with Crippen LogP contribution in [0.15, 0.2) is 78.9 Å². The maximum Gasteiger partial charge on any atom is 0.251 e. The lowest BCUT2D eigenvalue weighted by molar-refractivity contribution is 0.0942. The van der Waals surface area contributed by atoms with Gasteiger partial charge in [0.05, 0.1) is 6.04 Å². The highest BCUT2D eigenvalue weighted by molar-refractivity contribution is 5.94. The van der Waals surface area contributed by atoms with Gasteiger partial charge in [-0.2, -0.15) is 0 Å². The molecule has 1 N–H and O–H groups in total. The number of nitrogens with zero attached hydrogens (tertiary/aromatic N) is 1. The number of carbonyl (C=O) groups excluding carboxylic acids is 1. The fourth-order valence-electron chi connectivity index (χ4n) is 3.04. The summed E-state index contributed by atoms with van der Waals surface area (Å²) in [5, 5.41) is 2.94. The fourth-order valence-corrected chi connectivity index (χ4v) is 3.04. The van der Waals surface area contributed by atoms with E-state index >= 15 is 0 Å². The van der Waals surface area contributed by atoms with Crippen molar-refractivity contribution in [2.24, 2.45) is 0 Å². The number of carbonyl (C=O) groups is 1. The van der Waals surface area contributed by atoms with Gasteiger partial charge >= 0.3 is 0 Å². The van der Waals surface area contributed by atoms with Gasteiger partial charge in [0.1, 0.15) is 18.2 Å². The number of ether oxygens (including phenoxy) is 1. The Morgan fingerprint density at radius 2 is 1.72 bits per heavy atom. The summed E-state index contributed by atoms with van der Waals surface area (Å²) in [6.45, 7) is 0.822. The van der Waals surface area contributed by atoms with Crippen molar-refractivity contribution in [3.8, 4) is 5.75 Å². The Labute approximate surface area is 170 Å². The maximum absolute atomic E-state index is 13.5. The molecule has 3 aromatic carbocycles. The minimum Gasteiger partial charge on any atom is -0.489 e. The van der Waals surface area contributed by atoms with Gasteiger partial charge < -0.3 is 15.0 Å². The third-order valence-electron chi connectivity index (χ3n) is 4.68. The summed E-state index contributed by atoms with van der Waals surface area (Å²) in [7, 11) is 3.81. The largest absolute Gasteiger partial charge is 0.489 e. The van der Waals surface area contributed by atoms with Crippen molar-refractivity contribution in [2.45, 2.75) is 12.6 Å². The molecule has 150 valence electrons. The van der Waals surface area contributed by atoms with Crippen LogP contribution in [0.1, 0.15) is 27.5 Å². The molecule has 0 aromatic heterocycles. The summed E-state index contributed by atoms with van der Waals surface area (Å²) in [6.07, 6.45) is 0. The highest BCUT2D eigenvalue weighted by atomic mass is 19.1. The molecule has 0 fully saturated rings. The smallest absolute Gasteiger partial charge is 0.251 e. The summed E-state index contributed by atoms with van der Waals surface area (Å²) < 4.78 is 19.3. The summed E-state index contributed by atoms with van der Waals surface area (Å²) in [5.74, 6) is 0.360. The average molecular weight is 392 g/mol. The van der Waals surface area contributed by atoms with Gasteiger partial charge in [-0.3, -0.25) is 4.79 Å². The first-order valence-corrected chi connectivity index (χ1v) is 9.50. The van der Waals surface area contributed by atoms with Crippen LogP contribution in [-0.4, -0.2) is 31.4 Å². The van der Waals surface area contributed by atoms with Crippen LogP contribution >= 0.6 is 0 Å². The number of para-hydroxylation sites is 1. The molecule has 0 radical (unpaired) electrons. The van der Waals surface area contributed by atoms with Gasteiger partial charge in [0.2, 0.25) is 0 Å². The molecule has 1 amide bonds. The van der Waals surface area contributed by atoms with E-state index in [0.717, 1.165) is 16.9 Å². The normalized spacial score (nSPS) is 11.9. The van der Waals surface area contributed by atoms with Crippen LogP contribution in [0.4, 0.5) is 4.39 Å². The second-order valence-corrected chi connectivity index (χ2v) is 7.04. The first-order valence-electron chi connectivity index (χ1n) is 9.50. The molecule has 3 rings (SSSR count). The molecule has 0 spiro atoms. The molecule has 0 saturated heterocycles. The molecule has 29 heavy (non-hydrogen) atoms. The Hall–Kier alpha value is -3.18. The predicted octanol–water partition coefficient (Wildman–Crippen LogP) is 4.44. The van der Waals surface area contributed by atoms with Gasteiger partial charge in [0, 0.05) is 12.1 Å². The summed E-state index contributed by atoms with van der Waals surface area (Å²) in [5.41, 5.74) is 2.38. The van der Waals surface area contributed by atoms with Gasteiger partial charge in [-0.05, 0) is 61.6 Å². The molecule has 1 atom stereocenters. The molecule has 0 saturated carbocycles. The topological polar surface area (TPSA) is 41.6 Å². The van der Waals surface area contributed by atoms with Crippen LogP contribution in [0.25, 0.3) is 0 Å². The molecule has 4 nitrogen and oxygen atoms in total. The van der Waals surface area contributed by atoms with E-state index in [1.807, 2.05) is 67.5 Å². The second-order valence-electron chi connectivity index (χ2n) is 7.04. The molecule has 3 aromatic rings. The Kier molecular flexibility index (Phi) is 6.98. The van der Waals surface area contributed by atoms with Crippen molar-refractivity contribution < 1.29 is 13.9 Å². The molecule has 1 unspecified atom stereocenters. The van der Waals surface area contributed by atoms with E-state index < -0.39 is 0 Å². The van der Waals surface area contributed by atoms with Crippen molar-refractivity contribution >= 4 is 5.91 Å². The Bertz CT molecular complexity index is 927. The first kappa shape index (κ1) is 20.6. The SMILES string of the molecule is CN(C)C(CNC(=O)c1ccc(COc2ccccc2)cc1)c1cccc(F)c1. The van der Waals surface area contributed by atoms with Crippen molar-refractivity contribution in [2.75, 3.05) is 20.6 Å². The molecule has 5 heteroatoms. The van der Waals surface area contributed by atoms with Gasteiger partial charge in [0.15, 0.2) is 0 Å². The maximum atomic E-state index is 13.5. The molecule has 0 aliphatic carbocycles. The van der Waals surface area contributed by atoms with Crippen LogP contribution < -0.4 is 10.1 Å². The number of nitrogens with one attached hydrogen (secondary N) is 1. The Morgan fingerprint density at radius 3 is 2.38 bits per heavy atom. The zero-order valence-corrected chi connectivity index (χ0v) is 16.6. The third kappa shape index (κ3) is 5.90. The van der Waals surface area contributed by atoms with E-state index in [9.17, 15) is 9.18 Å². The monoisotopic (exact) mass is 392 g/mol. The lowest BCUT2D eigenvalue weighted by Gasteiger charge is -2.25. The number of rotatable bonds is 8. The van der Waals surface area contributed by atoms with Gasteiger partial charge in [-0.15, -0.1) is 0 Å². The molecular weight excluding hydrogens is 367 g/mol. The highest BCUT2D eigenvalue weighted by Gasteiger charge is 2.16. The summed E-state index contributed by atoms with van der Waals surface area (Å²) >= 11 is 0. The van der Waals surface area contributed by atoms with Crippen molar-refractivity contribution in [1.82, 2.24) is 10.2 Å². The fraction of sp³-hybridized carbons (Fsp3) is 0.208. The van der Waals surface area contributed by atoms with E-state index in [1.54, 1.807) is 18.2 Å². The minimum atomic E-state index is -0.283. The molecule has 0 heterocycles. The van der Waals surface area contributed by atoms with Gasteiger partial charge in [-0.1, -0.05) is 42.5 Å². The van der Waals surface area contributed by atoms with Gasteiger partial charge in [0.25, 0.3) is 5.91 Å². The summed E-state index contributed by atoms with van der Waals surface area (Å²) in [6, 6.07) is 23.3.